The van der Waals surface area contributed by atoms with Crippen LogP contribution < -0.4 is 5.73 Å². The Morgan fingerprint density at radius 2 is 1.95 bits per heavy atom. The van der Waals surface area contributed by atoms with Crippen LogP contribution in [0, 0.1) is 0 Å². The van der Waals surface area contributed by atoms with Crippen LogP contribution in [0.3, 0.4) is 0 Å². The molecule has 1 heterocycles. The molecule has 7 heteroatoms. The minimum absolute atomic E-state index is 0.142. The zero-order chi connectivity index (χ0) is 13.8. The summed E-state index contributed by atoms with van der Waals surface area (Å²) in [6, 6.07) is 9.04. The highest BCUT2D eigenvalue weighted by molar-refractivity contribution is 5.76. The predicted octanol–water partition coefficient (Wildman–Crippen LogP) is 0.0575. The van der Waals surface area contributed by atoms with Gasteiger partial charge in [-0.25, -0.2) is 4.68 Å². The molecule has 98 valence electrons. The molecule has 0 spiro atoms. The van der Waals surface area contributed by atoms with Crippen molar-refractivity contribution in [1.82, 2.24) is 15.0 Å². The quantitative estimate of drug-likeness (QED) is 0.789. The summed E-state index contributed by atoms with van der Waals surface area (Å²) < 4.78 is 1.32. The van der Waals surface area contributed by atoms with Crippen LogP contribution in [0.5, 0.6) is 0 Å². The lowest BCUT2D eigenvalue weighted by Crippen LogP contribution is -2.20. The van der Waals surface area contributed by atoms with E-state index >= 15 is 0 Å². The van der Waals surface area contributed by atoms with Gasteiger partial charge in [0.25, 0.3) is 0 Å². The predicted molar refractivity (Wildman–Crippen MR) is 66.0 cm³/mol. The number of carbonyl (C=O) groups excluding carboxylic acids is 1. The van der Waals surface area contributed by atoms with Gasteiger partial charge in [-0.05, 0) is 0 Å². The van der Waals surface area contributed by atoms with Crippen LogP contribution in [-0.2, 0) is 22.6 Å². The molecule has 2 rings (SSSR count). The summed E-state index contributed by atoms with van der Waals surface area (Å²) in [5, 5.41) is 16.5. The van der Waals surface area contributed by atoms with Gasteiger partial charge >= 0.3 is 5.97 Å². The number of carboxylic acid groups (broad SMARTS) is 1. The van der Waals surface area contributed by atoms with Gasteiger partial charge in [0.1, 0.15) is 12.2 Å². The number of hydrogen-bond acceptors (Lipinski definition) is 4. The molecular weight excluding hydrogens is 248 g/mol. The van der Waals surface area contributed by atoms with E-state index in [1.807, 2.05) is 18.2 Å². The number of hydrogen-bond donors (Lipinski definition) is 2. The first kappa shape index (κ1) is 12.7. The van der Waals surface area contributed by atoms with Gasteiger partial charge in [-0.1, -0.05) is 35.5 Å². The fourth-order valence-corrected chi connectivity index (χ4v) is 1.78. The molecular formula is C12H12N4O3. The average Bonchev–Trinajstić information content (AvgIpc) is 2.71. The molecule has 0 saturated heterocycles. The molecule has 19 heavy (non-hydrogen) atoms. The van der Waals surface area contributed by atoms with E-state index in [0.717, 1.165) is 5.56 Å². The van der Waals surface area contributed by atoms with Crippen LogP contribution in [0.25, 0.3) is 11.3 Å². The number of primary amides is 1. The van der Waals surface area contributed by atoms with Crippen molar-refractivity contribution in [3.05, 3.63) is 36.0 Å². The Labute approximate surface area is 108 Å². The van der Waals surface area contributed by atoms with E-state index in [1.54, 1.807) is 12.1 Å². The molecule has 0 aliphatic rings. The smallest absolute Gasteiger partial charge is 0.309 e. The number of nitrogens with two attached hydrogens (primary N) is 1. The number of carboxylic acids is 1. The highest BCUT2D eigenvalue weighted by Crippen LogP contribution is 2.22. The van der Waals surface area contributed by atoms with Gasteiger partial charge in [0.05, 0.1) is 12.1 Å². The third kappa shape index (κ3) is 2.95. The Hall–Kier alpha value is -2.70. The number of benzene rings is 1. The average molecular weight is 260 g/mol. The third-order valence-electron chi connectivity index (χ3n) is 2.48. The maximum Gasteiger partial charge on any atom is 0.309 e. The van der Waals surface area contributed by atoms with Crippen molar-refractivity contribution in [2.24, 2.45) is 5.73 Å². The number of carbonyl (C=O) groups is 2. The van der Waals surface area contributed by atoms with Gasteiger partial charge in [-0.2, -0.15) is 0 Å². The molecule has 7 nitrogen and oxygen atoms in total. The van der Waals surface area contributed by atoms with E-state index in [-0.39, 0.29) is 13.0 Å². The lowest BCUT2D eigenvalue weighted by atomic mass is 10.1. The van der Waals surface area contributed by atoms with Gasteiger partial charge in [0.2, 0.25) is 5.91 Å². The second-order valence-electron chi connectivity index (χ2n) is 3.95. The number of aliphatic carboxylic acids is 1. The lowest BCUT2D eigenvalue weighted by molar-refractivity contribution is -0.136. The number of aromatic nitrogens is 3. The normalized spacial score (nSPS) is 10.3. The molecule has 3 N–H and O–H groups in total. The fraction of sp³-hybridized carbons (Fsp3) is 0.167. The summed E-state index contributed by atoms with van der Waals surface area (Å²) in [5.74, 6) is -1.58. The summed E-state index contributed by atoms with van der Waals surface area (Å²) in [4.78, 5) is 21.8. The number of nitrogens with zero attached hydrogens (tertiary/aromatic N) is 3. The maximum absolute atomic E-state index is 11.0. The second-order valence-corrected chi connectivity index (χ2v) is 3.95. The standard InChI is InChI=1S/C12H12N4O3/c13-10(17)7-16-12(8-4-2-1-3-5-8)9(14-15-16)6-11(18)19/h1-5H,6-7H2,(H2,13,17)(H,18,19). The van der Waals surface area contributed by atoms with Gasteiger partial charge < -0.3 is 10.8 Å². The molecule has 0 aliphatic carbocycles. The van der Waals surface area contributed by atoms with Crippen LogP contribution >= 0.6 is 0 Å². The van der Waals surface area contributed by atoms with Crippen LogP contribution in [-0.4, -0.2) is 32.0 Å². The first-order valence-corrected chi connectivity index (χ1v) is 5.56. The van der Waals surface area contributed by atoms with E-state index in [4.69, 9.17) is 10.8 Å². The van der Waals surface area contributed by atoms with Gasteiger partial charge in [-0.3, -0.25) is 9.59 Å². The van der Waals surface area contributed by atoms with Gasteiger partial charge in [0, 0.05) is 5.56 Å². The van der Waals surface area contributed by atoms with Crippen LogP contribution in [0.4, 0.5) is 0 Å². The molecule has 0 bridgehead atoms. The van der Waals surface area contributed by atoms with E-state index in [1.165, 1.54) is 4.68 Å². The third-order valence-corrected chi connectivity index (χ3v) is 2.48. The molecule has 0 aliphatic heterocycles. The van der Waals surface area contributed by atoms with Gasteiger partial charge in [-0.15, -0.1) is 5.10 Å². The van der Waals surface area contributed by atoms with Crippen molar-refractivity contribution in [2.45, 2.75) is 13.0 Å². The van der Waals surface area contributed by atoms with E-state index < -0.39 is 11.9 Å². The fourth-order valence-electron chi connectivity index (χ4n) is 1.78. The van der Waals surface area contributed by atoms with Crippen molar-refractivity contribution < 1.29 is 14.7 Å². The van der Waals surface area contributed by atoms with E-state index in [2.05, 4.69) is 10.3 Å². The van der Waals surface area contributed by atoms with Crippen molar-refractivity contribution in [2.75, 3.05) is 0 Å². The first-order valence-electron chi connectivity index (χ1n) is 5.56. The Balaban J connectivity index is 2.49. The molecule has 0 atom stereocenters. The van der Waals surface area contributed by atoms with E-state index in [9.17, 15) is 9.59 Å². The molecule has 2 aromatic rings. The van der Waals surface area contributed by atoms with Crippen LogP contribution in [0.1, 0.15) is 5.69 Å². The molecule has 1 aromatic heterocycles. The monoisotopic (exact) mass is 260 g/mol. The summed E-state index contributed by atoms with van der Waals surface area (Å²) in [6.07, 6.45) is -0.261. The summed E-state index contributed by atoms with van der Waals surface area (Å²) in [5.41, 5.74) is 6.69. The Morgan fingerprint density at radius 1 is 1.26 bits per heavy atom. The highest BCUT2D eigenvalue weighted by atomic mass is 16.4. The first-order chi connectivity index (χ1) is 9.08. The van der Waals surface area contributed by atoms with Crippen LogP contribution in [0.15, 0.2) is 30.3 Å². The zero-order valence-corrected chi connectivity index (χ0v) is 9.98. The minimum Gasteiger partial charge on any atom is -0.481 e. The van der Waals surface area contributed by atoms with Crippen molar-refractivity contribution in [3.63, 3.8) is 0 Å². The minimum atomic E-state index is -1.01. The van der Waals surface area contributed by atoms with Crippen molar-refractivity contribution in [1.29, 1.82) is 0 Å². The topological polar surface area (TPSA) is 111 Å². The summed E-state index contributed by atoms with van der Waals surface area (Å²) >= 11 is 0. The van der Waals surface area contributed by atoms with E-state index in [0.29, 0.717) is 11.4 Å². The summed E-state index contributed by atoms with van der Waals surface area (Å²) in [7, 11) is 0. The molecule has 0 radical (unpaired) electrons. The highest BCUT2D eigenvalue weighted by Gasteiger charge is 2.18. The summed E-state index contributed by atoms with van der Waals surface area (Å²) in [6.45, 7) is -0.142. The lowest BCUT2D eigenvalue weighted by Gasteiger charge is -2.05. The Bertz CT molecular complexity index is 573. The number of rotatable bonds is 5. The Kier molecular flexibility index (Phi) is 3.56. The SMILES string of the molecule is NC(=O)Cn1nnc(CC(=O)O)c1-c1ccccc1. The largest absolute Gasteiger partial charge is 0.481 e. The molecule has 0 saturated carbocycles. The van der Waals surface area contributed by atoms with Crippen molar-refractivity contribution >= 4 is 11.9 Å². The van der Waals surface area contributed by atoms with Crippen LogP contribution in [0.2, 0.25) is 0 Å². The second kappa shape index (κ2) is 5.30. The van der Waals surface area contributed by atoms with Gasteiger partial charge in [0.15, 0.2) is 0 Å². The maximum atomic E-state index is 11.0. The molecule has 0 unspecified atom stereocenters. The molecule has 1 aromatic carbocycles. The van der Waals surface area contributed by atoms with Crippen molar-refractivity contribution in [3.8, 4) is 11.3 Å². The Morgan fingerprint density at radius 3 is 2.53 bits per heavy atom. The molecule has 0 fully saturated rings. The number of amides is 1. The zero-order valence-electron chi connectivity index (χ0n) is 9.98. The molecule has 1 amide bonds.